The smallest absolute Gasteiger partial charge is 0.311 e. The highest BCUT2D eigenvalue weighted by Crippen LogP contribution is 2.45. The molecule has 1 fully saturated rings. The molecule has 0 radical (unpaired) electrons. The molecule has 82 valence electrons. The summed E-state index contributed by atoms with van der Waals surface area (Å²) in [6.45, 7) is 5.98. The fraction of sp³-hybridized carbons (Fsp3) is 0.909. The van der Waals surface area contributed by atoms with Gasteiger partial charge in [0.15, 0.2) is 0 Å². The van der Waals surface area contributed by atoms with Crippen LogP contribution in [0.15, 0.2) is 0 Å². The molecule has 0 spiro atoms. The molecular formula is C11H20O3. The van der Waals surface area contributed by atoms with E-state index in [0.29, 0.717) is 18.8 Å². The number of methoxy groups -OCH3 is 1. The fourth-order valence-electron chi connectivity index (χ4n) is 2.64. The van der Waals surface area contributed by atoms with Gasteiger partial charge in [0.2, 0.25) is 0 Å². The van der Waals surface area contributed by atoms with Crippen LogP contribution in [0.2, 0.25) is 0 Å². The van der Waals surface area contributed by atoms with Crippen LogP contribution in [0.5, 0.6) is 0 Å². The molecule has 0 saturated heterocycles. The minimum absolute atomic E-state index is 0.125. The number of carbonyl (C=O) groups is 1. The van der Waals surface area contributed by atoms with E-state index in [1.165, 1.54) is 7.11 Å². The predicted octanol–water partition coefficient (Wildman–Crippen LogP) is 1.59. The van der Waals surface area contributed by atoms with Gasteiger partial charge in [-0.3, -0.25) is 4.79 Å². The van der Waals surface area contributed by atoms with E-state index in [9.17, 15) is 9.90 Å². The Balaban J connectivity index is 2.73. The summed E-state index contributed by atoms with van der Waals surface area (Å²) in [5, 5.41) is 10.2. The normalized spacial score (nSPS) is 33.7. The van der Waals surface area contributed by atoms with Crippen molar-refractivity contribution in [2.75, 3.05) is 7.11 Å². The highest BCUT2D eigenvalue weighted by Gasteiger charge is 2.51. The number of aliphatic hydroxyl groups is 1. The zero-order chi connectivity index (χ0) is 10.9. The van der Waals surface area contributed by atoms with Crippen molar-refractivity contribution in [3.63, 3.8) is 0 Å². The third-order valence-corrected chi connectivity index (χ3v) is 3.10. The number of carbonyl (C=O) groups excluding carboxylic acids is 1. The predicted molar refractivity (Wildman–Crippen MR) is 53.7 cm³/mol. The lowest BCUT2D eigenvalue weighted by Gasteiger charge is -2.47. The first-order chi connectivity index (χ1) is 6.40. The summed E-state index contributed by atoms with van der Waals surface area (Å²) in [5.41, 5.74) is -0.819. The van der Waals surface area contributed by atoms with Crippen molar-refractivity contribution in [1.82, 2.24) is 0 Å². The van der Waals surface area contributed by atoms with E-state index in [0.717, 1.165) is 0 Å². The lowest BCUT2D eigenvalue weighted by Crippen LogP contribution is -2.54. The topological polar surface area (TPSA) is 46.5 Å². The van der Waals surface area contributed by atoms with Crippen molar-refractivity contribution in [2.45, 2.75) is 39.2 Å². The van der Waals surface area contributed by atoms with Gasteiger partial charge in [0, 0.05) is 0 Å². The molecule has 1 N–H and O–H groups in total. The molecule has 1 saturated carbocycles. The second-order valence-electron chi connectivity index (χ2n) is 4.86. The molecule has 0 aromatic heterocycles. The average Bonchev–Trinajstić information content (AvgIpc) is 2.00. The fourth-order valence-corrected chi connectivity index (χ4v) is 2.64. The first-order valence-corrected chi connectivity index (χ1v) is 5.21. The van der Waals surface area contributed by atoms with Gasteiger partial charge in [-0.15, -0.1) is 0 Å². The minimum atomic E-state index is -0.819. The zero-order valence-corrected chi connectivity index (χ0v) is 9.41. The molecule has 1 aliphatic carbocycles. The first-order valence-electron chi connectivity index (χ1n) is 5.21. The SMILES string of the molecule is COC(=O)C(C(C)C)C1(O)CC(C)C1. The monoisotopic (exact) mass is 200 g/mol. The Labute approximate surface area is 85.5 Å². The molecule has 1 atom stereocenters. The van der Waals surface area contributed by atoms with Crippen molar-refractivity contribution < 1.29 is 14.6 Å². The van der Waals surface area contributed by atoms with E-state index in [1.54, 1.807) is 0 Å². The largest absolute Gasteiger partial charge is 0.469 e. The van der Waals surface area contributed by atoms with Crippen LogP contribution in [-0.2, 0) is 9.53 Å². The van der Waals surface area contributed by atoms with Gasteiger partial charge >= 0.3 is 5.97 Å². The van der Waals surface area contributed by atoms with Gasteiger partial charge in [-0.2, -0.15) is 0 Å². The molecule has 14 heavy (non-hydrogen) atoms. The van der Waals surface area contributed by atoms with Gasteiger partial charge in [-0.05, 0) is 24.7 Å². The van der Waals surface area contributed by atoms with Gasteiger partial charge in [0.05, 0.1) is 18.6 Å². The Morgan fingerprint density at radius 2 is 2.00 bits per heavy atom. The van der Waals surface area contributed by atoms with E-state index in [1.807, 2.05) is 13.8 Å². The van der Waals surface area contributed by atoms with Gasteiger partial charge in [0.1, 0.15) is 0 Å². The van der Waals surface area contributed by atoms with Gasteiger partial charge in [-0.1, -0.05) is 20.8 Å². The van der Waals surface area contributed by atoms with Gasteiger partial charge in [-0.25, -0.2) is 0 Å². The van der Waals surface area contributed by atoms with Crippen molar-refractivity contribution in [3.05, 3.63) is 0 Å². The maximum atomic E-state index is 11.5. The molecule has 0 aromatic rings. The highest BCUT2D eigenvalue weighted by atomic mass is 16.5. The molecule has 0 heterocycles. The summed E-state index contributed by atoms with van der Waals surface area (Å²) < 4.78 is 4.73. The first kappa shape index (κ1) is 11.5. The number of ether oxygens (including phenoxy) is 1. The summed E-state index contributed by atoms with van der Waals surface area (Å²) in [6, 6.07) is 0. The Hall–Kier alpha value is -0.570. The number of rotatable bonds is 3. The lowest BCUT2D eigenvalue weighted by molar-refractivity contribution is -0.174. The highest BCUT2D eigenvalue weighted by molar-refractivity contribution is 5.74. The van der Waals surface area contributed by atoms with Crippen LogP contribution in [0.3, 0.4) is 0 Å². The maximum Gasteiger partial charge on any atom is 0.311 e. The molecule has 0 bridgehead atoms. The molecule has 3 heteroatoms. The number of hydrogen-bond donors (Lipinski definition) is 1. The molecular weight excluding hydrogens is 180 g/mol. The molecule has 0 aliphatic heterocycles. The molecule has 1 aliphatic rings. The maximum absolute atomic E-state index is 11.5. The molecule has 1 unspecified atom stereocenters. The summed E-state index contributed by atoms with van der Waals surface area (Å²) in [7, 11) is 1.38. The summed E-state index contributed by atoms with van der Waals surface area (Å²) in [4.78, 5) is 11.5. The van der Waals surface area contributed by atoms with Gasteiger partial charge < -0.3 is 9.84 Å². The summed E-state index contributed by atoms with van der Waals surface area (Å²) >= 11 is 0. The van der Waals surface area contributed by atoms with E-state index >= 15 is 0 Å². The van der Waals surface area contributed by atoms with Crippen LogP contribution in [0.4, 0.5) is 0 Å². The summed E-state index contributed by atoms with van der Waals surface area (Å²) in [6.07, 6.45) is 1.43. The standard InChI is InChI=1S/C11H20O3/c1-7(2)9(10(12)14-4)11(13)5-8(3)6-11/h7-9,13H,5-6H2,1-4H3. The second-order valence-corrected chi connectivity index (χ2v) is 4.86. The van der Waals surface area contributed by atoms with Crippen molar-refractivity contribution in [3.8, 4) is 0 Å². The van der Waals surface area contributed by atoms with Crippen LogP contribution in [0.25, 0.3) is 0 Å². The zero-order valence-electron chi connectivity index (χ0n) is 9.41. The van der Waals surface area contributed by atoms with E-state index in [-0.39, 0.29) is 17.8 Å². The van der Waals surface area contributed by atoms with E-state index in [4.69, 9.17) is 4.74 Å². The number of esters is 1. The van der Waals surface area contributed by atoms with Crippen LogP contribution in [0.1, 0.15) is 33.6 Å². The Morgan fingerprint density at radius 3 is 2.29 bits per heavy atom. The Kier molecular flexibility index (Phi) is 3.20. The van der Waals surface area contributed by atoms with Gasteiger partial charge in [0.25, 0.3) is 0 Å². The van der Waals surface area contributed by atoms with Crippen LogP contribution >= 0.6 is 0 Å². The van der Waals surface area contributed by atoms with E-state index in [2.05, 4.69) is 6.92 Å². The van der Waals surface area contributed by atoms with Crippen molar-refractivity contribution in [1.29, 1.82) is 0 Å². The molecule has 3 nitrogen and oxygen atoms in total. The quantitative estimate of drug-likeness (QED) is 0.704. The van der Waals surface area contributed by atoms with Crippen molar-refractivity contribution in [2.24, 2.45) is 17.8 Å². The molecule has 0 amide bonds. The van der Waals surface area contributed by atoms with Crippen LogP contribution in [0, 0.1) is 17.8 Å². The Bertz CT molecular complexity index is 217. The van der Waals surface area contributed by atoms with Crippen molar-refractivity contribution >= 4 is 5.97 Å². The lowest BCUT2D eigenvalue weighted by atomic mass is 9.62. The molecule has 1 rings (SSSR count). The average molecular weight is 200 g/mol. The van der Waals surface area contributed by atoms with Crippen LogP contribution < -0.4 is 0 Å². The summed E-state index contributed by atoms with van der Waals surface area (Å²) in [5.74, 6) is -0.0102. The third kappa shape index (κ3) is 1.92. The molecule has 0 aromatic carbocycles. The minimum Gasteiger partial charge on any atom is -0.469 e. The van der Waals surface area contributed by atoms with E-state index < -0.39 is 5.60 Å². The second kappa shape index (κ2) is 3.89. The third-order valence-electron chi connectivity index (χ3n) is 3.10. The van der Waals surface area contributed by atoms with Crippen LogP contribution in [-0.4, -0.2) is 23.8 Å². The Morgan fingerprint density at radius 1 is 1.50 bits per heavy atom. The number of hydrogen-bond acceptors (Lipinski definition) is 3.